The number of methoxy groups -OCH3 is 1. The molecule has 1 spiro atoms. The summed E-state index contributed by atoms with van der Waals surface area (Å²) >= 11 is 0. The second kappa shape index (κ2) is 5.14. The molecule has 0 N–H and O–H groups in total. The van der Waals surface area contributed by atoms with E-state index in [4.69, 9.17) is 9.47 Å². The number of ether oxygens (including phenoxy) is 2. The van der Waals surface area contributed by atoms with Gasteiger partial charge in [-0.05, 0) is 12.8 Å². The van der Waals surface area contributed by atoms with Gasteiger partial charge in [-0.2, -0.15) is 0 Å². The van der Waals surface area contributed by atoms with E-state index in [9.17, 15) is 4.79 Å². The summed E-state index contributed by atoms with van der Waals surface area (Å²) in [7, 11) is 1.65. The van der Waals surface area contributed by atoms with E-state index in [1.54, 1.807) is 14.0 Å². The largest absolute Gasteiger partial charge is 0.378 e. The van der Waals surface area contributed by atoms with Crippen LogP contribution in [0.1, 0.15) is 31.2 Å². The lowest BCUT2D eigenvalue weighted by atomic mass is 9.90. The van der Waals surface area contributed by atoms with Gasteiger partial charge in [0.15, 0.2) is 0 Å². The fraction of sp³-hybridized carbons (Fsp3) is 0.769. The average molecular weight is 280 g/mol. The summed E-state index contributed by atoms with van der Waals surface area (Å²) in [6.07, 6.45) is 1.71. The number of hydrogen-bond donors (Lipinski definition) is 0. The van der Waals surface area contributed by atoms with Gasteiger partial charge >= 0.3 is 0 Å². The Morgan fingerprint density at radius 3 is 2.85 bits per heavy atom. The quantitative estimate of drug-likeness (QED) is 0.781. The van der Waals surface area contributed by atoms with Crippen LogP contribution in [0.15, 0.2) is 0 Å². The summed E-state index contributed by atoms with van der Waals surface area (Å²) in [5.41, 5.74) is 1.66. The second-order valence-electron chi connectivity index (χ2n) is 5.55. The van der Waals surface area contributed by atoms with Gasteiger partial charge in [0.25, 0.3) is 0 Å². The number of carbonyl (C=O) groups is 1. The first kappa shape index (κ1) is 13.5. The average Bonchev–Trinajstić information content (AvgIpc) is 2.82. The minimum atomic E-state index is -0.197. The van der Waals surface area contributed by atoms with E-state index in [-0.39, 0.29) is 11.5 Å². The van der Waals surface area contributed by atoms with E-state index in [0.29, 0.717) is 19.8 Å². The fourth-order valence-corrected chi connectivity index (χ4v) is 2.97. The van der Waals surface area contributed by atoms with E-state index < -0.39 is 0 Å². The summed E-state index contributed by atoms with van der Waals surface area (Å²) in [6.45, 7) is 4.82. The molecule has 3 heterocycles. The molecule has 1 saturated heterocycles. The van der Waals surface area contributed by atoms with Crippen LogP contribution in [0.2, 0.25) is 0 Å². The molecule has 1 fully saturated rings. The van der Waals surface area contributed by atoms with Crippen LogP contribution in [0.25, 0.3) is 0 Å². The Hall–Kier alpha value is -1.47. The Bertz CT molecular complexity index is 506. The number of piperidine rings is 1. The van der Waals surface area contributed by atoms with Crippen molar-refractivity contribution in [1.29, 1.82) is 0 Å². The molecule has 0 unspecified atom stereocenters. The Morgan fingerprint density at radius 1 is 1.45 bits per heavy atom. The lowest BCUT2D eigenvalue weighted by molar-refractivity contribution is -0.144. The highest BCUT2D eigenvalue weighted by Crippen LogP contribution is 2.33. The van der Waals surface area contributed by atoms with Crippen molar-refractivity contribution >= 4 is 5.91 Å². The van der Waals surface area contributed by atoms with E-state index in [1.807, 2.05) is 9.58 Å². The van der Waals surface area contributed by atoms with Crippen LogP contribution in [0, 0.1) is 0 Å². The SMILES string of the molecule is COCc1nnn2c1COC1(CCN(C(C)=O)CC1)C2. The van der Waals surface area contributed by atoms with E-state index in [0.717, 1.165) is 37.3 Å². The Kier molecular flexibility index (Phi) is 3.47. The monoisotopic (exact) mass is 280 g/mol. The van der Waals surface area contributed by atoms with Gasteiger partial charge in [0.1, 0.15) is 5.69 Å². The minimum absolute atomic E-state index is 0.138. The number of fused-ring (bicyclic) bond motifs is 1. The molecule has 3 rings (SSSR count). The minimum Gasteiger partial charge on any atom is -0.378 e. The van der Waals surface area contributed by atoms with Crippen molar-refractivity contribution < 1.29 is 14.3 Å². The molecular weight excluding hydrogens is 260 g/mol. The third-order valence-electron chi connectivity index (χ3n) is 4.27. The summed E-state index contributed by atoms with van der Waals surface area (Å²) in [6, 6.07) is 0. The highest BCUT2D eigenvalue weighted by molar-refractivity contribution is 5.73. The van der Waals surface area contributed by atoms with Crippen LogP contribution in [-0.4, -0.2) is 51.6 Å². The van der Waals surface area contributed by atoms with Gasteiger partial charge in [0.2, 0.25) is 5.91 Å². The van der Waals surface area contributed by atoms with Crippen LogP contribution in [0.4, 0.5) is 0 Å². The zero-order valence-electron chi connectivity index (χ0n) is 12.0. The maximum atomic E-state index is 11.4. The first-order valence-corrected chi connectivity index (χ1v) is 6.93. The zero-order valence-corrected chi connectivity index (χ0v) is 12.0. The number of carbonyl (C=O) groups excluding carboxylic acids is 1. The van der Waals surface area contributed by atoms with Crippen LogP contribution in [0.3, 0.4) is 0 Å². The molecule has 0 aliphatic carbocycles. The number of amides is 1. The molecule has 7 nitrogen and oxygen atoms in total. The molecule has 1 aromatic heterocycles. The Morgan fingerprint density at radius 2 is 2.20 bits per heavy atom. The molecule has 0 bridgehead atoms. The normalized spacial score (nSPS) is 21.0. The molecule has 1 aromatic rings. The first-order valence-electron chi connectivity index (χ1n) is 6.93. The molecule has 1 amide bonds. The van der Waals surface area contributed by atoms with Crippen molar-refractivity contribution in [2.45, 2.75) is 45.1 Å². The Balaban J connectivity index is 1.71. The molecule has 110 valence electrons. The number of aromatic nitrogens is 3. The standard InChI is InChI=1S/C13H20N4O3/c1-10(18)16-5-3-13(4-6-16)9-17-12(8-20-13)11(7-19-2)14-15-17/h3-9H2,1-2H3. The van der Waals surface area contributed by atoms with Crippen molar-refractivity contribution in [3.63, 3.8) is 0 Å². The highest BCUT2D eigenvalue weighted by atomic mass is 16.5. The van der Waals surface area contributed by atoms with Crippen LogP contribution < -0.4 is 0 Å². The molecule has 0 atom stereocenters. The number of hydrogen-bond acceptors (Lipinski definition) is 5. The van der Waals surface area contributed by atoms with Crippen molar-refractivity contribution in [3.05, 3.63) is 11.4 Å². The number of rotatable bonds is 2. The first-order chi connectivity index (χ1) is 9.63. The van der Waals surface area contributed by atoms with Gasteiger partial charge in [-0.15, -0.1) is 5.10 Å². The van der Waals surface area contributed by atoms with Gasteiger partial charge < -0.3 is 14.4 Å². The molecule has 2 aliphatic rings. The van der Waals surface area contributed by atoms with Crippen LogP contribution >= 0.6 is 0 Å². The van der Waals surface area contributed by atoms with Gasteiger partial charge in [0.05, 0.1) is 31.1 Å². The molecule has 0 aromatic carbocycles. The lowest BCUT2D eigenvalue weighted by Crippen LogP contribution is -2.51. The zero-order chi connectivity index (χ0) is 14.2. The fourth-order valence-electron chi connectivity index (χ4n) is 2.97. The smallest absolute Gasteiger partial charge is 0.219 e. The summed E-state index contributed by atoms with van der Waals surface area (Å²) in [4.78, 5) is 13.3. The van der Waals surface area contributed by atoms with Crippen molar-refractivity contribution in [1.82, 2.24) is 19.9 Å². The van der Waals surface area contributed by atoms with Crippen LogP contribution in [-0.2, 0) is 34.0 Å². The maximum Gasteiger partial charge on any atom is 0.219 e. The molecule has 20 heavy (non-hydrogen) atoms. The summed E-state index contributed by atoms with van der Waals surface area (Å²) < 4.78 is 13.2. The van der Waals surface area contributed by atoms with Crippen molar-refractivity contribution in [3.8, 4) is 0 Å². The van der Waals surface area contributed by atoms with Crippen LogP contribution in [0.5, 0.6) is 0 Å². The van der Waals surface area contributed by atoms with Crippen molar-refractivity contribution in [2.24, 2.45) is 0 Å². The van der Waals surface area contributed by atoms with E-state index in [1.165, 1.54) is 0 Å². The summed E-state index contributed by atoms with van der Waals surface area (Å²) in [5.74, 6) is 0.138. The topological polar surface area (TPSA) is 69.5 Å². The summed E-state index contributed by atoms with van der Waals surface area (Å²) in [5, 5.41) is 8.36. The highest BCUT2D eigenvalue weighted by Gasteiger charge is 2.40. The molecule has 2 aliphatic heterocycles. The Labute approximate surface area is 117 Å². The van der Waals surface area contributed by atoms with Gasteiger partial charge in [-0.1, -0.05) is 5.21 Å². The molecule has 0 saturated carbocycles. The van der Waals surface area contributed by atoms with Gasteiger partial charge in [-0.3, -0.25) is 4.79 Å². The predicted octanol–water partition coefficient (Wildman–Crippen LogP) is 0.336. The predicted molar refractivity (Wildman–Crippen MR) is 69.7 cm³/mol. The van der Waals surface area contributed by atoms with Gasteiger partial charge in [0, 0.05) is 27.1 Å². The third-order valence-corrected chi connectivity index (χ3v) is 4.27. The molecular formula is C13H20N4O3. The van der Waals surface area contributed by atoms with E-state index in [2.05, 4.69) is 10.3 Å². The second-order valence-corrected chi connectivity index (χ2v) is 5.55. The van der Waals surface area contributed by atoms with E-state index >= 15 is 0 Å². The maximum absolute atomic E-state index is 11.4. The molecule has 0 radical (unpaired) electrons. The number of nitrogens with zero attached hydrogens (tertiary/aromatic N) is 4. The third kappa shape index (κ3) is 2.31. The molecule has 7 heteroatoms. The van der Waals surface area contributed by atoms with Crippen molar-refractivity contribution in [2.75, 3.05) is 20.2 Å². The number of likely N-dealkylation sites (tertiary alicyclic amines) is 1. The van der Waals surface area contributed by atoms with Gasteiger partial charge in [-0.25, -0.2) is 4.68 Å². The lowest BCUT2D eigenvalue weighted by Gasteiger charge is -2.43.